The van der Waals surface area contributed by atoms with E-state index in [0.717, 1.165) is 23.2 Å². The van der Waals surface area contributed by atoms with Crippen LogP contribution >= 0.6 is 27.3 Å². The number of nitrogens with one attached hydrogen (secondary N) is 1. The standard InChI is InChI=1S/C12H19BrN2O2S2/c1-2-19(16,17)15-5-3-11(4-6-15)14-8-10-7-12(13)18-9-10/h7,9,11,14H,2-6,8H2,1H3. The summed E-state index contributed by atoms with van der Waals surface area (Å²) < 4.78 is 26.3. The van der Waals surface area contributed by atoms with E-state index in [2.05, 4.69) is 32.7 Å². The van der Waals surface area contributed by atoms with Crippen LogP contribution in [0.4, 0.5) is 0 Å². The Hall–Kier alpha value is 0.0500. The predicted molar refractivity (Wildman–Crippen MR) is 82.9 cm³/mol. The summed E-state index contributed by atoms with van der Waals surface area (Å²) in [7, 11) is -3.01. The quantitative estimate of drug-likeness (QED) is 0.870. The minimum Gasteiger partial charge on any atom is -0.310 e. The minimum atomic E-state index is -3.01. The van der Waals surface area contributed by atoms with Crippen LogP contribution < -0.4 is 5.32 Å². The molecule has 0 aliphatic carbocycles. The molecule has 0 unspecified atom stereocenters. The molecule has 0 aromatic carbocycles. The van der Waals surface area contributed by atoms with Crippen molar-refractivity contribution in [2.45, 2.75) is 32.4 Å². The average Bonchev–Trinajstić information content (AvgIpc) is 2.83. The van der Waals surface area contributed by atoms with Gasteiger partial charge in [0, 0.05) is 25.7 Å². The molecule has 2 rings (SSSR count). The normalized spacial score (nSPS) is 18.8. The van der Waals surface area contributed by atoms with Crippen LogP contribution in [0.3, 0.4) is 0 Å². The molecule has 1 aromatic rings. The summed E-state index contributed by atoms with van der Waals surface area (Å²) in [6, 6.07) is 2.54. The predicted octanol–water partition coefficient (Wildman–Crippen LogP) is 2.41. The summed E-state index contributed by atoms with van der Waals surface area (Å²) in [5, 5.41) is 5.64. The van der Waals surface area contributed by atoms with E-state index in [4.69, 9.17) is 0 Å². The van der Waals surface area contributed by atoms with E-state index in [1.54, 1.807) is 22.6 Å². The molecule has 0 amide bonds. The molecule has 0 atom stereocenters. The molecule has 2 heterocycles. The van der Waals surface area contributed by atoms with Crippen LogP contribution in [0.2, 0.25) is 0 Å². The second-order valence-corrected chi connectivity index (χ2v) is 9.26. The molecule has 0 spiro atoms. The number of thiophene rings is 1. The first-order chi connectivity index (χ1) is 9.01. The number of hydrogen-bond donors (Lipinski definition) is 1. The van der Waals surface area contributed by atoms with Crippen molar-refractivity contribution in [3.05, 3.63) is 20.8 Å². The molecule has 1 aliphatic rings. The van der Waals surface area contributed by atoms with Crippen LogP contribution in [0.1, 0.15) is 25.3 Å². The highest BCUT2D eigenvalue weighted by Gasteiger charge is 2.26. The van der Waals surface area contributed by atoms with Gasteiger partial charge in [-0.15, -0.1) is 11.3 Å². The third-order valence-corrected chi connectivity index (χ3v) is 6.86. The van der Waals surface area contributed by atoms with Gasteiger partial charge in [-0.05, 0) is 52.7 Å². The lowest BCUT2D eigenvalue weighted by Crippen LogP contribution is -2.45. The Kier molecular flexibility index (Phi) is 5.42. The van der Waals surface area contributed by atoms with Crippen LogP contribution in [-0.4, -0.2) is 37.6 Å². The van der Waals surface area contributed by atoms with E-state index in [0.29, 0.717) is 19.1 Å². The first kappa shape index (κ1) is 15.4. The van der Waals surface area contributed by atoms with Gasteiger partial charge in [0.05, 0.1) is 9.54 Å². The van der Waals surface area contributed by atoms with E-state index >= 15 is 0 Å². The fraction of sp³-hybridized carbons (Fsp3) is 0.667. The second-order valence-electron chi connectivity index (χ2n) is 4.71. The molecule has 1 aromatic heterocycles. The van der Waals surface area contributed by atoms with Crippen LogP contribution in [0.25, 0.3) is 0 Å². The lowest BCUT2D eigenvalue weighted by molar-refractivity contribution is 0.289. The summed E-state index contributed by atoms with van der Waals surface area (Å²) >= 11 is 5.14. The van der Waals surface area contributed by atoms with Crippen molar-refractivity contribution in [1.29, 1.82) is 0 Å². The van der Waals surface area contributed by atoms with Gasteiger partial charge in [0.2, 0.25) is 10.0 Å². The van der Waals surface area contributed by atoms with Crippen LogP contribution in [0.15, 0.2) is 15.2 Å². The van der Waals surface area contributed by atoms with Crippen molar-refractivity contribution in [2.75, 3.05) is 18.8 Å². The number of hydrogen-bond acceptors (Lipinski definition) is 4. The third-order valence-electron chi connectivity index (χ3n) is 3.43. The van der Waals surface area contributed by atoms with Crippen molar-refractivity contribution >= 4 is 37.3 Å². The van der Waals surface area contributed by atoms with E-state index in [-0.39, 0.29) is 5.75 Å². The maximum atomic E-state index is 11.7. The Morgan fingerprint density at radius 2 is 2.16 bits per heavy atom. The fourth-order valence-electron chi connectivity index (χ4n) is 2.22. The monoisotopic (exact) mass is 366 g/mol. The van der Waals surface area contributed by atoms with Crippen LogP contribution in [-0.2, 0) is 16.6 Å². The Morgan fingerprint density at radius 3 is 2.68 bits per heavy atom. The zero-order chi connectivity index (χ0) is 13.9. The molecule has 1 saturated heterocycles. The smallest absolute Gasteiger partial charge is 0.213 e. The fourth-order valence-corrected chi connectivity index (χ4v) is 4.56. The molecule has 0 radical (unpaired) electrons. The molecule has 0 bridgehead atoms. The first-order valence-corrected chi connectivity index (χ1v) is 9.73. The minimum absolute atomic E-state index is 0.202. The Bertz CT molecular complexity index is 508. The highest BCUT2D eigenvalue weighted by atomic mass is 79.9. The Labute approximate surface area is 127 Å². The van der Waals surface area contributed by atoms with Gasteiger partial charge in [-0.2, -0.15) is 0 Å². The topological polar surface area (TPSA) is 49.4 Å². The maximum absolute atomic E-state index is 11.7. The number of nitrogens with zero attached hydrogens (tertiary/aromatic N) is 1. The van der Waals surface area contributed by atoms with Gasteiger partial charge in [0.25, 0.3) is 0 Å². The van der Waals surface area contributed by atoms with Gasteiger partial charge in [0.15, 0.2) is 0 Å². The van der Waals surface area contributed by atoms with Crippen LogP contribution in [0, 0.1) is 0 Å². The molecule has 7 heteroatoms. The number of sulfonamides is 1. The van der Waals surface area contributed by atoms with Gasteiger partial charge >= 0.3 is 0 Å². The number of piperidine rings is 1. The van der Waals surface area contributed by atoms with Crippen molar-refractivity contribution < 1.29 is 8.42 Å². The lowest BCUT2D eigenvalue weighted by atomic mass is 10.1. The van der Waals surface area contributed by atoms with Crippen molar-refractivity contribution in [1.82, 2.24) is 9.62 Å². The van der Waals surface area contributed by atoms with Crippen molar-refractivity contribution in [2.24, 2.45) is 0 Å². The molecule has 1 N–H and O–H groups in total. The zero-order valence-electron chi connectivity index (χ0n) is 10.9. The molecule has 4 nitrogen and oxygen atoms in total. The maximum Gasteiger partial charge on any atom is 0.213 e. The summed E-state index contributed by atoms with van der Waals surface area (Å²) in [5.74, 6) is 0.202. The average molecular weight is 367 g/mol. The van der Waals surface area contributed by atoms with E-state index < -0.39 is 10.0 Å². The SMILES string of the molecule is CCS(=O)(=O)N1CCC(NCc2csc(Br)c2)CC1. The number of halogens is 1. The van der Waals surface area contributed by atoms with Gasteiger partial charge in [-0.1, -0.05) is 0 Å². The third kappa shape index (κ3) is 4.26. The number of rotatable bonds is 5. The first-order valence-electron chi connectivity index (χ1n) is 6.45. The van der Waals surface area contributed by atoms with Crippen LogP contribution in [0.5, 0.6) is 0 Å². The molecular weight excluding hydrogens is 348 g/mol. The molecule has 19 heavy (non-hydrogen) atoms. The van der Waals surface area contributed by atoms with Gasteiger partial charge in [-0.3, -0.25) is 0 Å². The van der Waals surface area contributed by atoms with E-state index in [1.807, 2.05) is 0 Å². The molecule has 108 valence electrons. The Morgan fingerprint density at radius 1 is 1.47 bits per heavy atom. The second kappa shape index (κ2) is 6.67. The Balaban J connectivity index is 1.78. The lowest BCUT2D eigenvalue weighted by Gasteiger charge is -2.31. The van der Waals surface area contributed by atoms with Gasteiger partial charge in [-0.25, -0.2) is 12.7 Å². The van der Waals surface area contributed by atoms with E-state index in [9.17, 15) is 8.42 Å². The summed E-state index contributed by atoms with van der Waals surface area (Å²) in [4.78, 5) is 0. The highest BCUT2D eigenvalue weighted by molar-refractivity contribution is 9.11. The summed E-state index contributed by atoms with van der Waals surface area (Å²) in [6.07, 6.45) is 1.79. The summed E-state index contributed by atoms with van der Waals surface area (Å²) in [5.41, 5.74) is 1.28. The van der Waals surface area contributed by atoms with Gasteiger partial charge in [0.1, 0.15) is 0 Å². The molecule has 1 aliphatic heterocycles. The molecule has 0 saturated carbocycles. The van der Waals surface area contributed by atoms with Crippen molar-refractivity contribution in [3.63, 3.8) is 0 Å². The summed E-state index contributed by atoms with van der Waals surface area (Å²) in [6.45, 7) is 3.84. The van der Waals surface area contributed by atoms with Crippen molar-refractivity contribution in [3.8, 4) is 0 Å². The van der Waals surface area contributed by atoms with E-state index in [1.165, 1.54) is 5.56 Å². The molecule has 1 fully saturated rings. The largest absolute Gasteiger partial charge is 0.310 e. The van der Waals surface area contributed by atoms with Gasteiger partial charge < -0.3 is 5.32 Å². The zero-order valence-corrected chi connectivity index (χ0v) is 14.2. The highest BCUT2D eigenvalue weighted by Crippen LogP contribution is 2.21. The molecular formula is C12H19BrN2O2S2.